The third kappa shape index (κ3) is 13.8. The van der Waals surface area contributed by atoms with Gasteiger partial charge in [0.1, 0.15) is 146 Å². The smallest absolute Gasteiger partial charge is 0.217 e. The van der Waals surface area contributed by atoms with Gasteiger partial charge in [-0.25, -0.2) is 0 Å². The number of hydrogen-bond donors (Lipinski definition) is 20. The zero-order chi connectivity index (χ0) is 54.3. The first-order valence-electron chi connectivity index (χ1n) is 22.9. The third-order valence-corrected chi connectivity index (χ3v) is 12.8. The summed E-state index contributed by atoms with van der Waals surface area (Å²) >= 11 is 0. The lowest BCUT2D eigenvalue weighted by molar-refractivity contribution is -0.381. The van der Waals surface area contributed by atoms with Crippen LogP contribution in [0.2, 0.25) is 0 Å². The van der Waals surface area contributed by atoms with Crippen molar-refractivity contribution in [2.24, 2.45) is 0 Å². The largest absolute Gasteiger partial charge is 0.394 e. The number of amides is 2. The normalized spacial score (nSPS) is 44.4. The maximum atomic E-state index is 12.6. The van der Waals surface area contributed by atoms with Gasteiger partial charge in [-0.3, -0.25) is 9.59 Å². The Morgan fingerprint density at radius 1 is 0.493 bits per heavy atom. The summed E-state index contributed by atoms with van der Waals surface area (Å²) in [5.74, 6) is -1.73. The van der Waals surface area contributed by atoms with Crippen LogP contribution in [0.15, 0.2) is 0 Å². The summed E-state index contributed by atoms with van der Waals surface area (Å²) in [7, 11) is 0. The van der Waals surface area contributed by atoms with Gasteiger partial charge >= 0.3 is 0 Å². The van der Waals surface area contributed by atoms with E-state index in [1.807, 2.05) is 0 Å². The van der Waals surface area contributed by atoms with Crippen LogP contribution in [0.4, 0.5) is 0 Å². The second-order valence-electron chi connectivity index (χ2n) is 17.9. The molecule has 29 atom stereocenters. The van der Waals surface area contributed by atoms with E-state index in [0.717, 1.165) is 13.8 Å². The van der Waals surface area contributed by atoms with E-state index in [2.05, 4.69) is 10.6 Å². The topological polar surface area (TPSA) is 532 Å². The van der Waals surface area contributed by atoms with E-state index in [4.69, 9.17) is 47.4 Å². The van der Waals surface area contributed by atoms with Crippen LogP contribution in [0.25, 0.3) is 0 Å². The fourth-order valence-electron chi connectivity index (χ4n) is 8.88. The van der Waals surface area contributed by atoms with Gasteiger partial charge in [0, 0.05) is 13.8 Å². The molecule has 5 heterocycles. The predicted molar refractivity (Wildman–Crippen MR) is 224 cm³/mol. The first-order chi connectivity index (χ1) is 34.5. The number of carbonyl (C=O) groups excluding carboxylic acids is 3. The van der Waals surface area contributed by atoms with Crippen LogP contribution in [-0.4, -0.2) is 327 Å². The third-order valence-electron chi connectivity index (χ3n) is 12.8. The van der Waals surface area contributed by atoms with Gasteiger partial charge in [-0.05, 0) is 0 Å². The molecule has 73 heavy (non-hydrogen) atoms. The summed E-state index contributed by atoms with van der Waals surface area (Å²) in [6, 6.07) is -3.56. The number of rotatable bonds is 23. The number of ether oxygens (including phenoxy) is 10. The zero-order valence-corrected chi connectivity index (χ0v) is 38.9. The zero-order valence-electron chi connectivity index (χ0n) is 38.9. The Labute approximate surface area is 413 Å². The van der Waals surface area contributed by atoms with E-state index >= 15 is 0 Å². The number of aliphatic hydroxyl groups is 18. The summed E-state index contributed by atoms with van der Waals surface area (Å²) in [4.78, 5) is 36.3. The number of nitrogens with one attached hydrogen (secondary N) is 2. The van der Waals surface area contributed by atoms with Gasteiger partial charge < -0.3 is 155 Å². The molecule has 0 aromatic carbocycles. The van der Waals surface area contributed by atoms with E-state index in [1.165, 1.54) is 0 Å². The second kappa shape index (κ2) is 27.2. The molecule has 2 amide bonds. The molecule has 33 nitrogen and oxygen atoms in total. The van der Waals surface area contributed by atoms with Crippen molar-refractivity contribution in [3.05, 3.63) is 0 Å². The Bertz CT molecular complexity index is 1730. The van der Waals surface area contributed by atoms with E-state index in [1.54, 1.807) is 0 Å². The average molecular weight is 1070 g/mol. The Balaban J connectivity index is 1.40. The lowest BCUT2D eigenvalue weighted by Crippen LogP contribution is -2.70. The first kappa shape index (κ1) is 61.3. The van der Waals surface area contributed by atoms with Crippen molar-refractivity contribution in [2.45, 2.75) is 192 Å². The van der Waals surface area contributed by atoms with Crippen LogP contribution in [-0.2, 0) is 61.8 Å². The van der Waals surface area contributed by atoms with Crippen molar-refractivity contribution in [3.8, 4) is 0 Å². The quantitative estimate of drug-likeness (QED) is 0.0423. The number of carbonyl (C=O) groups is 3. The fraction of sp³-hybridized carbons (Fsp3) is 0.925. The van der Waals surface area contributed by atoms with Crippen molar-refractivity contribution < 1.29 is 154 Å². The molecule has 5 aliphatic heterocycles. The van der Waals surface area contributed by atoms with Crippen LogP contribution < -0.4 is 10.6 Å². The van der Waals surface area contributed by atoms with Crippen molar-refractivity contribution in [2.75, 3.05) is 39.6 Å². The molecular weight excluding hydrogens is 1000 g/mol. The molecule has 20 N–H and O–H groups in total. The highest BCUT2D eigenvalue weighted by atomic mass is 16.8. The van der Waals surface area contributed by atoms with Gasteiger partial charge in [0.05, 0.1) is 39.6 Å². The Morgan fingerprint density at radius 3 is 1.41 bits per heavy atom. The highest BCUT2D eigenvalue weighted by Gasteiger charge is 2.58. The summed E-state index contributed by atoms with van der Waals surface area (Å²) in [5, 5.41) is 195. The number of hydrogen-bond acceptors (Lipinski definition) is 31. The van der Waals surface area contributed by atoms with E-state index < -0.39 is 229 Å². The Morgan fingerprint density at radius 2 is 0.918 bits per heavy atom. The van der Waals surface area contributed by atoms with Crippen LogP contribution in [0.1, 0.15) is 13.8 Å². The molecule has 5 aliphatic rings. The number of aldehydes is 1. The summed E-state index contributed by atoms with van der Waals surface area (Å²) in [6.45, 7) is -4.23. The standard InChI is InChI=1S/C40H68N2O31/c1-10(50)41-19-25(59)32(18(9-49)67-36(19)72-34-23(57)16(7-47)65-39(28(34)62)68-30(13(53)4-44)21(55)12(52)3-43)70-40-29(63)35(24(58)17(8-48)66-40)73-37-20(42-11(2)51)33(22(56)15(6-46)64-37)71-38-27(61)26(60)31(69-38)14(54)5-45/h3,12-40,44-49,52-63H,4-9H2,1-2H3,(H,41,50)(H,42,51). The van der Waals surface area contributed by atoms with Crippen LogP contribution >= 0.6 is 0 Å². The predicted octanol–water partition coefficient (Wildman–Crippen LogP) is -14.0. The Kier molecular flexibility index (Phi) is 22.8. The van der Waals surface area contributed by atoms with E-state index in [0.29, 0.717) is 0 Å². The minimum absolute atomic E-state index is 0.136. The van der Waals surface area contributed by atoms with Crippen LogP contribution in [0, 0.1) is 0 Å². The number of aliphatic hydroxyl groups excluding tert-OH is 18. The lowest BCUT2D eigenvalue weighted by Gasteiger charge is -2.50. The molecule has 5 saturated heterocycles. The molecule has 0 aromatic heterocycles. The molecule has 29 unspecified atom stereocenters. The van der Waals surface area contributed by atoms with Crippen molar-refractivity contribution in [1.29, 1.82) is 0 Å². The van der Waals surface area contributed by atoms with Crippen molar-refractivity contribution in [1.82, 2.24) is 10.6 Å². The Hall–Kier alpha value is -2.51. The molecule has 424 valence electrons. The first-order valence-corrected chi connectivity index (χ1v) is 22.9. The van der Waals surface area contributed by atoms with Gasteiger partial charge in [-0.2, -0.15) is 0 Å². The molecule has 0 saturated carbocycles. The maximum absolute atomic E-state index is 12.6. The van der Waals surface area contributed by atoms with Gasteiger partial charge in [0.15, 0.2) is 37.7 Å². The monoisotopic (exact) mass is 1070 g/mol. The summed E-state index contributed by atoms with van der Waals surface area (Å²) in [6.07, 6.45) is -53.2. The summed E-state index contributed by atoms with van der Waals surface area (Å²) < 4.78 is 57.0. The molecular formula is C40H68N2O31. The fourth-order valence-corrected chi connectivity index (χ4v) is 8.88. The molecule has 5 rings (SSSR count). The minimum Gasteiger partial charge on any atom is -0.394 e. The maximum Gasteiger partial charge on any atom is 0.217 e. The molecule has 0 bridgehead atoms. The van der Waals surface area contributed by atoms with E-state index in [-0.39, 0.29) is 6.29 Å². The van der Waals surface area contributed by atoms with Gasteiger partial charge in [0.2, 0.25) is 11.8 Å². The van der Waals surface area contributed by atoms with Crippen LogP contribution in [0.3, 0.4) is 0 Å². The highest BCUT2D eigenvalue weighted by molar-refractivity contribution is 5.73. The van der Waals surface area contributed by atoms with Gasteiger partial charge in [-0.15, -0.1) is 0 Å². The highest BCUT2D eigenvalue weighted by Crippen LogP contribution is 2.37. The average Bonchev–Trinajstić information content (AvgIpc) is 3.65. The molecule has 33 heteroatoms. The van der Waals surface area contributed by atoms with Crippen molar-refractivity contribution in [3.63, 3.8) is 0 Å². The molecule has 0 aromatic rings. The minimum atomic E-state index is -2.25. The molecule has 0 spiro atoms. The van der Waals surface area contributed by atoms with E-state index in [9.17, 15) is 106 Å². The SMILES string of the molecule is CC(=O)NC1C(OC2C(O)C(CO)OC(OC(C(O)CO)C(O)C(O)C=O)C2O)OC(CO)C(OC2OC(CO)C(O)C(OC3OC(CO)C(O)C(OC4OC(C(O)CO)C(O)C4O)C3NC(C)=O)C2O)C1O. The summed E-state index contributed by atoms with van der Waals surface area (Å²) in [5.41, 5.74) is 0. The molecule has 5 fully saturated rings. The lowest BCUT2D eigenvalue weighted by atomic mass is 9.94. The van der Waals surface area contributed by atoms with Crippen molar-refractivity contribution >= 4 is 18.1 Å². The van der Waals surface area contributed by atoms with Gasteiger partial charge in [-0.1, -0.05) is 0 Å². The molecule has 0 aliphatic carbocycles. The van der Waals surface area contributed by atoms with Crippen LogP contribution in [0.5, 0.6) is 0 Å². The van der Waals surface area contributed by atoms with Gasteiger partial charge in [0.25, 0.3) is 0 Å². The molecule has 0 radical (unpaired) electrons. The second-order valence-corrected chi connectivity index (χ2v) is 17.9.